The predicted octanol–water partition coefficient (Wildman–Crippen LogP) is 4.43. The van der Waals surface area contributed by atoms with E-state index in [4.69, 9.17) is 0 Å². The number of hydrogen-bond donors (Lipinski definition) is 2. The maximum atomic E-state index is 13.0. The topological polar surface area (TPSA) is 75.5 Å². The zero-order chi connectivity index (χ0) is 21.0. The standard InChI is InChI=1S/C23H28N4O2/c1-5-6-8-11-24-22(28)20-18-10-7-9-12-27(18)21(25-20)23(29)26-19-16(3)13-15(2)14-17(19)4/h7,9-10,12-14H,5-6,8,11H2,1-4H3,(H,24,28)(H,26,29). The Morgan fingerprint density at radius 1 is 1.03 bits per heavy atom. The summed E-state index contributed by atoms with van der Waals surface area (Å²) in [4.78, 5) is 30.1. The highest BCUT2D eigenvalue weighted by Gasteiger charge is 2.22. The fourth-order valence-electron chi connectivity index (χ4n) is 3.57. The third-order valence-electron chi connectivity index (χ3n) is 4.95. The molecular formula is C23H28N4O2. The van der Waals surface area contributed by atoms with E-state index in [-0.39, 0.29) is 23.3 Å². The molecule has 0 aliphatic carbocycles. The summed E-state index contributed by atoms with van der Waals surface area (Å²) in [6.07, 6.45) is 4.83. The van der Waals surface area contributed by atoms with Crippen molar-refractivity contribution in [2.24, 2.45) is 0 Å². The molecule has 3 aromatic rings. The molecular weight excluding hydrogens is 364 g/mol. The number of aromatic nitrogens is 2. The molecule has 0 bridgehead atoms. The van der Waals surface area contributed by atoms with Crippen molar-refractivity contribution in [3.63, 3.8) is 0 Å². The van der Waals surface area contributed by atoms with E-state index in [2.05, 4.69) is 22.5 Å². The van der Waals surface area contributed by atoms with Crippen LogP contribution in [0.25, 0.3) is 5.52 Å². The van der Waals surface area contributed by atoms with Crippen LogP contribution in [-0.4, -0.2) is 27.7 Å². The van der Waals surface area contributed by atoms with Crippen molar-refractivity contribution in [3.8, 4) is 0 Å². The van der Waals surface area contributed by atoms with E-state index >= 15 is 0 Å². The van der Waals surface area contributed by atoms with Crippen molar-refractivity contribution >= 4 is 23.0 Å². The van der Waals surface area contributed by atoms with Crippen LogP contribution in [0.15, 0.2) is 36.5 Å². The molecule has 2 aromatic heterocycles. The van der Waals surface area contributed by atoms with Crippen molar-refractivity contribution in [3.05, 3.63) is 64.7 Å². The minimum absolute atomic E-state index is 0.193. The second-order valence-corrected chi connectivity index (χ2v) is 7.43. The number of nitrogens with zero attached hydrogens (tertiary/aromatic N) is 2. The normalized spacial score (nSPS) is 10.9. The van der Waals surface area contributed by atoms with Crippen LogP contribution in [0.3, 0.4) is 0 Å². The molecule has 152 valence electrons. The number of rotatable bonds is 7. The molecule has 2 heterocycles. The Hall–Kier alpha value is -3.15. The Kier molecular flexibility index (Phi) is 6.32. The van der Waals surface area contributed by atoms with Gasteiger partial charge in [-0.05, 0) is 50.5 Å². The van der Waals surface area contributed by atoms with E-state index in [1.54, 1.807) is 16.7 Å². The van der Waals surface area contributed by atoms with E-state index in [9.17, 15) is 9.59 Å². The number of amides is 2. The number of anilines is 1. The van der Waals surface area contributed by atoms with Gasteiger partial charge in [-0.15, -0.1) is 0 Å². The zero-order valence-electron chi connectivity index (χ0n) is 17.5. The average molecular weight is 393 g/mol. The SMILES string of the molecule is CCCCCNC(=O)c1nc(C(=O)Nc2c(C)cc(C)cc2C)n2ccccc12. The first kappa shape index (κ1) is 20.6. The van der Waals surface area contributed by atoms with Gasteiger partial charge in [-0.2, -0.15) is 0 Å². The molecule has 29 heavy (non-hydrogen) atoms. The Bertz CT molecular complexity index is 1030. The van der Waals surface area contributed by atoms with Crippen LogP contribution in [0.2, 0.25) is 0 Å². The summed E-state index contributed by atoms with van der Waals surface area (Å²) in [6, 6.07) is 9.51. The van der Waals surface area contributed by atoms with E-state index in [1.807, 2.05) is 45.0 Å². The number of carbonyl (C=O) groups excluding carboxylic acids is 2. The van der Waals surface area contributed by atoms with Crippen molar-refractivity contribution < 1.29 is 9.59 Å². The molecule has 0 unspecified atom stereocenters. The van der Waals surface area contributed by atoms with Crippen LogP contribution in [-0.2, 0) is 0 Å². The lowest BCUT2D eigenvalue weighted by Crippen LogP contribution is -2.25. The lowest BCUT2D eigenvalue weighted by Gasteiger charge is -2.12. The number of nitrogens with one attached hydrogen (secondary N) is 2. The molecule has 0 spiro atoms. The quantitative estimate of drug-likeness (QED) is 0.584. The molecule has 6 heteroatoms. The van der Waals surface area contributed by atoms with E-state index in [1.165, 1.54) is 0 Å². The molecule has 3 rings (SSSR count). The number of hydrogen-bond acceptors (Lipinski definition) is 3. The number of imidazole rings is 1. The number of aryl methyl sites for hydroxylation is 3. The molecule has 0 saturated heterocycles. The highest BCUT2D eigenvalue weighted by atomic mass is 16.2. The van der Waals surface area contributed by atoms with Gasteiger partial charge in [0.05, 0.1) is 5.52 Å². The summed E-state index contributed by atoms with van der Waals surface area (Å²) >= 11 is 0. The van der Waals surface area contributed by atoms with Gasteiger partial charge >= 0.3 is 0 Å². The summed E-state index contributed by atoms with van der Waals surface area (Å²) in [5, 5.41) is 5.88. The van der Waals surface area contributed by atoms with E-state index in [0.29, 0.717) is 12.1 Å². The Labute approximate surface area is 171 Å². The van der Waals surface area contributed by atoms with Gasteiger partial charge in [0.1, 0.15) is 0 Å². The van der Waals surface area contributed by atoms with Crippen LogP contribution in [0, 0.1) is 20.8 Å². The summed E-state index contributed by atoms with van der Waals surface area (Å²) < 4.78 is 1.66. The van der Waals surface area contributed by atoms with Gasteiger partial charge in [-0.25, -0.2) is 4.98 Å². The summed E-state index contributed by atoms with van der Waals surface area (Å²) in [6.45, 7) is 8.68. The fraction of sp³-hybridized carbons (Fsp3) is 0.348. The monoisotopic (exact) mass is 392 g/mol. The Morgan fingerprint density at radius 2 is 1.76 bits per heavy atom. The first-order valence-corrected chi connectivity index (χ1v) is 10.1. The Morgan fingerprint density at radius 3 is 2.45 bits per heavy atom. The highest BCUT2D eigenvalue weighted by molar-refractivity contribution is 6.06. The van der Waals surface area contributed by atoms with Crippen molar-refractivity contribution in [2.45, 2.75) is 47.0 Å². The van der Waals surface area contributed by atoms with Crippen LogP contribution in [0.5, 0.6) is 0 Å². The number of pyridine rings is 1. The minimum Gasteiger partial charge on any atom is -0.351 e. The molecule has 0 saturated carbocycles. The maximum Gasteiger partial charge on any atom is 0.292 e. The van der Waals surface area contributed by atoms with Crippen LogP contribution in [0.4, 0.5) is 5.69 Å². The first-order valence-electron chi connectivity index (χ1n) is 10.1. The predicted molar refractivity (Wildman–Crippen MR) is 116 cm³/mol. The summed E-state index contributed by atoms with van der Waals surface area (Å²) in [5.41, 5.74) is 4.79. The number of carbonyl (C=O) groups is 2. The third kappa shape index (κ3) is 4.47. The number of benzene rings is 1. The molecule has 0 radical (unpaired) electrons. The first-order chi connectivity index (χ1) is 13.9. The number of unbranched alkanes of at least 4 members (excludes halogenated alkanes) is 2. The summed E-state index contributed by atoms with van der Waals surface area (Å²) in [7, 11) is 0. The second-order valence-electron chi connectivity index (χ2n) is 7.43. The van der Waals surface area contributed by atoms with Gasteiger partial charge in [0.25, 0.3) is 11.8 Å². The molecule has 0 atom stereocenters. The van der Waals surface area contributed by atoms with Crippen molar-refractivity contribution in [2.75, 3.05) is 11.9 Å². The van der Waals surface area contributed by atoms with Crippen molar-refractivity contribution in [1.82, 2.24) is 14.7 Å². The van der Waals surface area contributed by atoms with Gasteiger partial charge in [0.2, 0.25) is 5.82 Å². The molecule has 0 fully saturated rings. The lowest BCUT2D eigenvalue weighted by molar-refractivity contribution is 0.0950. The van der Waals surface area contributed by atoms with Gasteiger partial charge in [-0.1, -0.05) is 43.5 Å². The summed E-state index contributed by atoms with van der Waals surface area (Å²) in [5.74, 6) is -0.406. The Balaban J connectivity index is 1.90. The zero-order valence-corrected chi connectivity index (χ0v) is 17.5. The van der Waals surface area contributed by atoms with Gasteiger partial charge in [0, 0.05) is 18.4 Å². The number of fused-ring (bicyclic) bond motifs is 1. The fourth-order valence-corrected chi connectivity index (χ4v) is 3.57. The molecule has 2 N–H and O–H groups in total. The smallest absolute Gasteiger partial charge is 0.292 e. The molecule has 0 aliphatic heterocycles. The highest BCUT2D eigenvalue weighted by Crippen LogP contribution is 2.23. The van der Waals surface area contributed by atoms with Gasteiger partial charge < -0.3 is 10.6 Å². The van der Waals surface area contributed by atoms with E-state index < -0.39 is 0 Å². The average Bonchev–Trinajstić information content (AvgIpc) is 3.08. The molecule has 6 nitrogen and oxygen atoms in total. The lowest BCUT2D eigenvalue weighted by atomic mass is 10.1. The van der Waals surface area contributed by atoms with Crippen LogP contribution in [0.1, 0.15) is 64.0 Å². The maximum absolute atomic E-state index is 13.0. The largest absolute Gasteiger partial charge is 0.351 e. The van der Waals surface area contributed by atoms with Gasteiger partial charge in [-0.3, -0.25) is 14.0 Å². The van der Waals surface area contributed by atoms with Crippen LogP contribution < -0.4 is 10.6 Å². The van der Waals surface area contributed by atoms with Crippen molar-refractivity contribution in [1.29, 1.82) is 0 Å². The molecule has 0 aliphatic rings. The molecule has 2 amide bonds. The second kappa shape index (κ2) is 8.90. The minimum atomic E-state index is -0.341. The van der Waals surface area contributed by atoms with Gasteiger partial charge in [0.15, 0.2) is 5.69 Å². The third-order valence-corrected chi connectivity index (χ3v) is 4.95. The van der Waals surface area contributed by atoms with Crippen LogP contribution >= 0.6 is 0 Å². The van der Waals surface area contributed by atoms with E-state index in [0.717, 1.165) is 41.6 Å². The molecule has 1 aromatic carbocycles.